The fourth-order valence-electron chi connectivity index (χ4n) is 4.13. The van der Waals surface area contributed by atoms with E-state index in [1.165, 1.54) is 4.90 Å². The third-order valence-corrected chi connectivity index (χ3v) is 5.34. The number of fused-ring (bicyclic) bond motifs is 1. The Kier molecular flexibility index (Phi) is 4.09. The van der Waals surface area contributed by atoms with E-state index in [2.05, 4.69) is 0 Å². The zero-order valence-corrected chi connectivity index (χ0v) is 14.3. The van der Waals surface area contributed by atoms with Crippen molar-refractivity contribution in [2.45, 2.75) is 37.1 Å². The minimum absolute atomic E-state index is 0.00871. The molecule has 0 aromatic heterocycles. The monoisotopic (exact) mass is 396 g/mol. The number of carbonyl (C=O) groups is 3. The average molecular weight is 396 g/mol. The standard InChI is InChI=1S/C18H15F3N2O5/c19-18(20,21)10-6-7-11-14(15(24)22(11)13(10)16(25)26)23-12(8-28-17(23)27)9-4-2-1-3-5-9/h1-5,11-12,14H,6-8H2,(H,25,26)/t11-,12-,14+/m1/s1. The summed E-state index contributed by atoms with van der Waals surface area (Å²) < 4.78 is 44.7. The second-order valence-corrected chi connectivity index (χ2v) is 6.80. The van der Waals surface area contributed by atoms with Gasteiger partial charge in [0.25, 0.3) is 5.91 Å². The van der Waals surface area contributed by atoms with Gasteiger partial charge in [0.15, 0.2) is 0 Å². The zero-order chi connectivity index (χ0) is 20.2. The summed E-state index contributed by atoms with van der Waals surface area (Å²) in [5.41, 5.74) is -1.55. The summed E-state index contributed by atoms with van der Waals surface area (Å²) in [5, 5.41) is 9.29. The van der Waals surface area contributed by atoms with Crippen LogP contribution in [0.25, 0.3) is 0 Å². The van der Waals surface area contributed by atoms with E-state index in [0.29, 0.717) is 4.90 Å². The summed E-state index contributed by atoms with van der Waals surface area (Å²) in [6.07, 6.45) is -6.21. The fourth-order valence-corrected chi connectivity index (χ4v) is 4.13. The maximum Gasteiger partial charge on any atom is 0.414 e. The molecule has 1 aromatic carbocycles. The molecule has 3 heterocycles. The molecule has 3 aliphatic rings. The predicted molar refractivity (Wildman–Crippen MR) is 86.7 cm³/mol. The van der Waals surface area contributed by atoms with Gasteiger partial charge >= 0.3 is 18.2 Å². The molecule has 0 saturated carbocycles. The van der Waals surface area contributed by atoms with Crippen LogP contribution in [0, 0.1) is 0 Å². The molecular formula is C18H15F3N2O5. The van der Waals surface area contributed by atoms with Crippen LogP contribution in [0.5, 0.6) is 0 Å². The Morgan fingerprint density at radius 1 is 1.18 bits per heavy atom. The molecule has 0 bridgehead atoms. The van der Waals surface area contributed by atoms with Crippen molar-refractivity contribution in [2.75, 3.05) is 6.61 Å². The Hall–Kier alpha value is -3.04. The van der Waals surface area contributed by atoms with Gasteiger partial charge in [-0.05, 0) is 18.4 Å². The van der Waals surface area contributed by atoms with Gasteiger partial charge in [-0.25, -0.2) is 9.59 Å². The number of ether oxygens (including phenoxy) is 1. The first-order chi connectivity index (χ1) is 13.2. The molecule has 0 aliphatic carbocycles. The third kappa shape index (κ3) is 2.62. The van der Waals surface area contributed by atoms with E-state index < -0.39 is 60.0 Å². The van der Waals surface area contributed by atoms with Gasteiger partial charge in [0.05, 0.1) is 17.7 Å². The fraction of sp³-hybridized carbons (Fsp3) is 0.389. The molecule has 0 unspecified atom stereocenters. The van der Waals surface area contributed by atoms with E-state index in [9.17, 15) is 32.7 Å². The molecule has 10 heteroatoms. The molecule has 2 saturated heterocycles. The van der Waals surface area contributed by atoms with E-state index >= 15 is 0 Å². The number of nitrogens with zero attached hydrogens (tertiary/aromatic N) is 2. The normalized spacial score (nSPS) is 27.5. The molecule has 2 fully saturated rings. The van der Waals surface area contributed by atoms with Crippen LogP contribution in [0.2, 0.25) is 0 Å². The summed E-state index contributed by atoms with van der Waals surface area (Å²) in [4.78, 5) is 38.3. The van der Waals surface area contributed by atoms with Gasteiger partial charge in [0, 0.05) is 0 Å². The first-order valence-corrected chi connectivity index (χ1v) is 8.58. The lowest BCUT2D eigenvalue weighted by Crippen LogP contribution is -2.72. The van der Waals surface area contributed by atoms with Gasteiger partial charge in [-0.2, -0.15) is 13.2 Å². The smallest absolute Gasteiger partial charge is 0.414 e. The second kappa shape index (κ2) is 6.25. The maximum absolute atomic E-state index is 13.2. The van der Waals surface area contributed by atoms with Crippen LogP contribution in [0.3, 0.4) is 0 Å². The van der Waals surface area contributed by atoms with Crippen LogP contribution >= 0.6 is 0 Å². The van der Waals surface area contributed by atoms with E-state index in [-0.39, 0.29) is 13.0 Å². The van der Waals surface area contributed by atoms with Crippen molar-refractivity contribution in [1.29, 1.82) is 0 Å². The Labute approximate surface area is 157 Å². The minimum Gasteiger partial charge on any atom is -0.477 e. The molecule has 7 nitrogen and oxygen atoms in total. The highest BCUT2D eigenvalue weighted by Gasteiger charge is 2.61. The lowest BCUT2D eigenvalue weighted by atomic mass is 9.82. The number of carbonyl (C=O) groups excluding carboxylic acids is 2. The van der Waals surface area contributed by atoms with E-state index in [1.807, 2.05) is 0 Å². The van der Waals surface area contributed by atoms with Crippen LogP contribution in [0.4, 0.5) is 18.0 Å². The SMILES string of the molecule is O=C(O)C1=C(C(F)(F)F)CC[C@@H]2[C@H](N3C(=O)OC[C@@H]3c3ccccc3)C(=O)N12. The van der Waals surface area contributed by atoms with Crippen molar-refractivity contribution in [1.82, 2.24) is 9.80 Å². The molecule has 3 atom stereocenters. The quantitative estimate of drug-likeness (QED) is 0.794. The van der Waals surface area contributed by atoms with Crippen LogP contribution in [-0.2, 0) is 14.3 Å². The van der Waals surface area contributed by atoms with Crippen LogP contribution < -0.4 is 0 Å². The highest BCUT2D eigenvalue weighted by Crippen LogP contribution is 2.46. The Balaban J connectivity index is 1.68. The van der Waals surface area contributed by atoms with Gasteiger partial charge < -0.3 is 9.84 Å². The van der Waals surface area contributed by atoms with Gasteiger partial charge in [-0.3, -0.25) is 14.6 Å². The van der Waals surface area contributed by atoms with E-state index in [4.69, 9.17) is 4.74 Å². The predicted octanol–water partition coefficient (Wildman–Crippen LogP) is 2.45. The number of carboxylic acid groups (broad SMARTS) is 1. The van der Waals surface area contributed by atoms with Crippen molar-refractivity contribution in [3.05, 3.63) is 47.2 Å². The number of rotatable bonds is 3. The second-order valence-electron chi connectivity index (χ2n) is 6.80. The highest BCUT2D eigenvalue weighted by atomic mass is 19.4. The third-order valence-electron chi connectivity index (χ3n) is 5.34. The molecule has 4 rings (SSSR count). The molecule has 0 radical (unpaired) electrons. The Bertz CT molecular complexity index is 883. The van der Waals surface area contributed by atoms with Crippen molar-refractivity contribution in [2.24, 2.45) is 0 Å². The lowest BCUT2D eigenvalue weighted by molar-refractivity contribution is -0.163. The number of aliphatic carboxylic acids is 1. The van der Waals surface area contributed by atoms with E-state index in [0.717, 1.165) is 5.56 Å². The Morgan fingerprint density at radius 2 is 1.86 bits per heavy atom. The van der Waals surface area contributed by atoms with Gasteiger partial charge in [-0.15, -0.1) is 0 Å². The highest BCUT2D eigenvalue weighted by molar-refractivity contribution is 6.01. The number of alkyl halides is 3. The van der Waals surface area contributed by atoms with Crippen LogP contribution in [0.1, 0.15) is 24.4 Å². The number of benzene rings is 1. The van der Waals surface area contributed by atoms with Gasteiger partial charge in [0.2, 0.25) is 0 Å². The molecule has 2 amide bonds. The molecule has 3 aliphatic heterocycles. The number of β-lactam (4-membered cyclic amide) rings is 1. The number of hydrogen-bond donors (Lipinski definition) is 1. The molecule has 148 valence electrons. The lowest BCUT2D eigenvalue weighted by Gasteiger charge is -2.53. The molecule has 0 spiro atoms. The maximum atomic E-state index is 13.2. The summed E-state index contributed by atoms with van der Waals surface area (Å²) in [6.45, 7) is 0.00871. The average Bonchev–Trinajstić information content (AvgIpc) is 3.01. The van der Waals surface area contributed by atoms with Crippen molar-refractivity contribution in [3.8, 4) is 0 Å². The molecule has 28 heavy (non-hydrogen) atoms. The van der Waals surface area contributed by atoms with Crippen molar-refractivity contribution < 1.29 is 37.4 Å². The summed E-state index contributed by atoms with van der Waals surface area (Å²) >= 11 is 0. The summed E-state index contributed by atoms with van der Waals surface area (Å²) in [6, 6.07) is 6.36. The van der Waals surface area contributed by atoms with Gasteiger partial charge in [-0.1, -0.05) is 30.3 Å². The first-order valence-electron chi connectivity index (χ1n) is 8.58. The topological polar surface area (TPSA) is 87.1 Å². The number of cyclic esters (lactones) is 1. The number of halogens is 3. The van der Waals surface area contributed by atoms with Gasteiger partial charge in [0.1, 0.15) is 18.3 Å². The number of amides is 2. The van der Waals surface area contributed by atoms with Crippen LogP contribution in [0.15, 0.2) is 41.6 Å². The molecule has 1 aromatic rings. The number of carboxylic acids is 1. The molecule has 1 N–H and O–H groups in total. The number of allylic oxidation sites excluding steroid dienone is 1. The van der Waals surface area contributed by atoms with Crippen LogP contribution in [-0.4, -0.2) is 57.7 Å². The largest absolute Gasteiger partial charge is 0.477 e. The summed E-state index contributed by atoms with van der Waals surface area (Å²) in [7, 11) is 0. The Morgan fingerprint density at radius 3 is 2.46 bits per heavy atom. The molecular weight excluding hydrogens is 381 g/mol. The first kappa shape index (κ1) is 18.3. The van der Waals surface area contributed by atoms with Crippen molar-refractivity contribution in [3.63, 3.8) is 0 Å². The zero-order valence-electron chi connectivity index (χ0n) is 14.3. The van der Waals surface area contributed by atoms with E-state index in [1.54, 1.807) is 30.3 Å². The van der Waals surface area contributed by atoms with Crippen molar-refractivity contribution >= 4 is 18.0 Å². The number of hydrogen-bond acceptors (Lipinski definition) is 4. The summed E-state index contributed by atoms with van der Waals surface area (Å²) in [5.74, 6) is -2.66. The minimum atomic E-state index is -4.84.